The Morgan fingerprint density at radius 2 is 0.941 bits per heavy atom. The van der Waals surface area contributed by atoms with Crippen molar-refractivity contribution in [3.63, 3.8) is 0 Å². The molecule has 1 rings (SSSR count). The maximum absolute atomic E-state index is 13.1. The van der Waals surface area contributed by atoms with Crippen molar-refractivity contribution in [3.05, 3.63) is 24.3 Å². The van der Waals surface area contributed by atoms with E-state index in [2.05, 4.69) is 35.5 Å². The summed E-state index contributed by atoms with van der Waals surface area (Å²) in [5.74, 6) is -0.264. The van der Waals surface area contributed by atoms with Gasteiger partial charge in [0.2, 0.25) is 5.91 Å². The molecular weight excluding hydrogens is 883 g/mol. The Balaban J connectivity index is 2.41. The number of aliphatic hydroxyl groups excluding tert-OH is 4. The number of rotatable bonds is 49. The molecule has 402 valence electrons. The topological polar surface area (TPSA) is 192 Å². The van der Waals surface area contributed by atoms with E-state index in [4.69, 9.17) is 9.47 Å². The second-order valence-electron chi connectivity index (χ2n) is 19.9. The maximum atomic E-state index is 13.1. The molecule has 1 saturated heterocycles. The van der Waals surface area contributed by atoms with Crippen LogP contribution in [0.5, 0.6) is 0 Å². The Morgan fingerprint density at radius 1 is 0.574 bits per heavy atom. The van der Waals surface area contributed by atoms with Crippen LogP contribution in [-0.2, 0) is 28.9 Å². The van der Waals surface area contributed by atoms with E-state index in [-0.39, 0.29) is 18.9 Å². The van der Waals surface area contributed by atoms with Crippen molar-refractivity contribution >= 4 is 16.3 Å². The number of ether oxygens (including phenoxy) is 2. The lowest BCUT2D eigenvalue weighted by atomic mass is 9.99. The summed E-state index contributed by atoms with van der Waals surface area (Å²) in [7, 11) is -5.09. The highest BCUT2D eigenvalue weighted by atomic mass is 32.3. The van der Waals surface area contributed by atoms with Crippen LogP contribution in [-0.4, -0.2) is 95.4 Å². The first-order valence-electron chi connectivity index (χ1n) is 28.2. The predicted molar refractivity (Wildman–Crippen MR) is 278 cm³/mol. The average Bonchev–Trinajstić information content (AvgIpc) is 3.31. The molecule has 1 heterocycles. The number of carbonyl (C=O) groups excluding carboxylic acids is 1. The van der Waals surface area contributed by atoms with Crippen LogP contribution in [0.15, 0.2) is 24.3 Å². The average molecular weight is 989 g/mol. The largest absolute Gasteiger partial charge is 0.397 e. The Bertz CT molecular complexity index is 1300. The molecule has 1 aliphatic rings. The monoisotopic (exact) mass is 988 g/mol. The first-order chi connectivity index (χ1) is 33.0. The molecule has 0 aliphatic carbocycles. The van der Waals surface area contributed by atoms with E-state index in [1.807, 2.05) is 6.08 Å². The summed E-state index contributed by atoms with van der Waals surface area (Å²) >= 11 is 0. The van der Waals surface area contributed by atoms with Crippen molar-refractivity contribution in [1.82, 2.24) is 5.32 Å². The van der Waals surface area contributed by atoms with Gasteiger partial charge in [-0.2, -0.15) is 8.42 Å². The van der Waals surface area contributed by atoms with E-state index in [0.717, 1.165) is 44.9 Å². The highest BCUT2D eigenvalue weighted by Crippen LogP contribution is 2.26. The Morgan fingerprint density at radius 3 is 1.32 bits per heavy atom. The fourth-order valence-electron chi connectivity index (χ4n) is 9.10. The Labute approximate surface area is 416 Å². The summed E-state index contributed by atoms with van der Waals surface area (Å²) < 4.78 is 47.8. The van der Waals surface area contributed by atoms with Crippen molar-refractivity contribution in [1.29, 1.82) is 0 Å². The molecule has 68 heavy (non-hydrogen) atoms. The van der Waals surface area contributed by atoms with Gasteiger partial charge in [0.1, 0.15) is 24.4 Å². The van der Waals surface area contributed by atoms with Gasteiger partial charge in [-0.1, -0.05) is 237 Å². The number of allylic oxidation sites excluding steroid dienone is 3. The van der Waals surface area contributed by atoms with Gasteiger partial charge in [0, 0.05) is 6.42 Å². The minimum Gasteiger partial charge on any atom is -0.394 e. The summed E-state index contributed by atoms with van der Waals surface area (Å²) in [5, 5.41) is 44.9. The first-order valence-corrected chi connectivity index (χ1v) is 29.6. The zero-order valence-corrected chi connectivity index (χ0v) is 44.3. The van der Waals surface area contributed by atoms with Crippen LogP contribution in [0.25, 0.3) is 0 Å². The SMILES string of the molecule is CCCCCCCCCCC/C=C\CCCCCCCCCC(=O)NC(COC1OC(CO)C(O)C(OS(=O)(=O)O)C1O)C(O)/C=C/CCCCCCCCCCCCCCCCCCCCC. The Kier molecular flexibility index (Phi) is 43.2. The molecule has 6 N–H and O–H groups in total. The first kappa shape index (κ1) is 64.6. The summed E-state index contributed by atoms with van der Waals surface area (Å²) in [6.07, 6.45) is 46.4. The Hall–Kier alpha value is -1.42. The second kappa shape index (κ2) is 45.4. The van der Waals surface area contributed by atoms with E-state index in [9.17, 15) is 38.2 Å². The number of amides is 1. The highest BCUT2D eigenvalue weighted by molar-refractivity contribution is 7.80. The molecule has 0 saturated carbocycles. The molecule has 7 unspecified atom stereocenters. The van der Waals surface area contributed by atoms with Gasteiger partial charge in [-0.05, 0) is 44.9 Å². The molecule has 0 bridgehead atoms. The lowest BCUT2D eigenvalue weighted by Gasteiger charge is -2.41. The van der Waals surface area contributed by atoms with Crippen molar-refractivity contribution < 1.29 is 51.8 Å². The molecule has 1 aliphatic heterocycles. The number of nitrogens with one attached hydrogen (secondary N) is 1. The van der Waals surface area contributed by atoms with E-state index in [0.29, 0.717) is 6.42 Å². The van der Waals surface area contributed by atoms with Gasteiger partial charge in [-0.15, -0.1) is 0 Å². The number of hydrogen-bond donors (Lipinski definition) is 6. The fourth-order valence-corrected chi connectivity index (χ4v) is 9.61. The molecule has 13 heteroatoms. The van der Waals surface area contributed by atoms with Crippen molar-refractivity contribution in [2.45, 2.75) is 307 Å². The standard InChI is InChI=1S/C55H105NO11S/c1-3-5-7-9-11-13-15-17-19-21-23-25-26-28-30-32-34-36-38-40-42-44-49(58)48(47-65-55-53(61)54(67-68(62,63)64)52(60)50(46-57)66-55)56-51(59)45-43-41-39-37-35-33-31-29-27-24-22-20-18-16-14-12-10-8-6-4-2/h24,27,42,44,48-50,52-55,57-58,60-61H,3-23,25-26,28-41,43,45-47H2,1-2H3,(H,56,59)(H,62,63,64)/b27-24-,44-42+. The van der Waals surface area contributed by atoms with Crippen LogP contribution in [0.4, 0.5) is 0 Å². The lowest BCUT2D eigenvalue weighted by Crippen LogP contribution is -2.61. The fraction of sp³-hybridized carbons (Fsp3) is 0.909. The molecule has 0 aromatic rings. The van der Waals surface area contributed by atoms with Gasteiger partial charge >= 0.3 is 10.4 Å². The highest BCUT2D eigenvalue weighted by Gasteiger charge is 2.48. The molecule has 12 nitrogen and oxygen atoms in total. The maximum Gasteiger partial charge on any atom is 0.397 e. The van der Waals surface area contributed by atoms with E-state index >= 15 is 0 Å². The van der Waals surface area contributed by atoms with E-state index in [1.54, 1.807) is 6.08 Å². The summed E-state index contributed by atoms with van der Waals surface area (Å²) in [6.45, 7) is 3.42. The minimum atomic E-state index is -5.09. The van der Waals surface area contributed by atoms with Gasteiger partial charge in [-0.3, -0.25) is 9.35 Å². The molecule has 0 spiro atoms. The van der Waals surface area contributed by atoms with Gasteiger partial charge in [-0.25, -0.2) is 4.18 Å². The predicted octanol–water partition coefficient (Wildman–Crippen LogP) is 12.8. The normalized spacial score (nSPS) is 19.9. The molecule has 0 radical (unpaired) electrons. The van der Waals surface area contributed by atoms with Crippen molar-refractivity contribution in [2.75, 3.05) is 13.2 Å². The van der Waals surface area contributed by atoms with Crippen molar-refractivity contribution in [2.24, 2.45) is 0 Å². The van der Waals surface area contributed by atoms with Gasteiger partial charge in [0.25, 0.3) is 0 Å². The smallest absolute Gasteiger partial charge is 0.394 e. The van der Waals surface area contributed by atoms with E-state index < -0.39 is 59.9 Å². The quantitative estimate of drug-likeness (QED) is 0.0193. The third-order valence-electron chi connectivity index (χ3n) is 13.5. The second-order valence-corrected chi connectivity index (χ2v) is 20.9. The molecular formula is C55H105NO11S. The number of carbonyl (C=O) groups is 1. The van der Waals surface area contributed by atoms with Crippen LogP contribution in [0.3, 0.4) is 0 Å². The molecule has 1 amide bonds. The zero-order chi connectivity index (χ0) is 49.8. The lowest BCUT2D eigenvalue weighted by molar-refractivity contribution is -0.298. The zero-order valence-electron chi connectivity index (χ0n) is 43.4. The van der Waals surface area contributed by atoms with Gasteiger partial charge < -0.3 is 35.2 Å². The van der Waals surface area contributed by atoms with Gasteiger partial charge in [0.15, 0.2) is 6.29 Å². The molecule has 1 fully saturated rings. The number of aliphatic hydroxyl groups is 4. The number of hydrogen-bond acceptors (Lipinski definition) is 10. The van der Waals surface area contributed by atoms with Crippen LogP contribution >= 0.6 is 0 Å². The number of unbranched alkanes of at least 4 members (excludes halogenated alkanes) is 35. The van der Waals surface area contributed by atoms with Crippen LogP contribution in [0.2, 0.25) is 0 Å². The van der Waals surface area contributed by atoms with Crippen LogP contribution < -0.4 is 5.32 Å². The van der Waals surface area contributed by atoms with Gasteiger partial charge in [0.05, 0.1) is 25.4 Å². The summed E-state index contributed by atoms with van der Waals surface area (Å²) in [4.78, 5) is 13.1. The van der Waals surface area contributed by atoms with Crippen LogP contribution in [0.1, 0.15) is 264 Å². The molecule has 0 aromatic carbocycles. The van der Waals surface area contributed by atoms with Crippen molar-refractivity contribution in [3.8, 4) is 0 Å². The molecule has 7 atom stereocenters. The third-order valence-corrected chi connectivity index (χ3v) is 13.9. The summed E-state index contributed by atoms with van der Waals surface area (Å²) in [6, 6.07) is -0.945. The summed E-state index contributed by atoms with van der Waals surface area (Å²) in [5.41, 5.74) is 0. The van der Waals surface area contributed by atoms with Crippen LogP contribution in [0, 0.1) is 0 Å². The third kappa shape index (κ3) is 37.4. The minimum absolute atomic E-state index is 0.264. The molecule has 0 aromatic heterocycles. The van der Waals surface area contributed by atoms with E-state index in [1.165, 1.54) is 193 Å².